The maximum Gasteiger partial charge on any atom is 0.216 e. The van der Waals surface area contributed by atoms with Crippen molar-refractivity contribution < 1.29 is 40.7 Å². The molecule has 0 amide bonds. The Morgan fingerprint density at radius 1 is 0.326 bits per heavy atom. The van der Waals surface area contributed by atoms with Crippen LogP contribution in [0.3, 0.4) is 0 Å². The van der Waals surface area contributed by atoms with Gasteiger partial charge in [-0.05, 0) is 284 Å². The van der Waals surface area contributed by atoms with Crippen LogP contribution < -0.4 is 22.8 Å². The predicted octanol–water partition coefficient (Wildman–Crippen LogP) is 19.2. The summed E-state index contributed by atoms with van der Waals surface area (Å²) < 4.78 is 111. The first-order valence-electron chi connectivity index (χ1n) is 40.8. The lowest BCUT2D eigenvalue weighted by atomic mass is 9.87. The van der Waals surface area contributed by atoms with Gasteiger partial charge in [-0.1, -0.05) is 90.6 Å². The van der Waals surface area contributed by atoms with Gasteiger partial charge in [0.25, 0.3) is 0 Å². The van der Waals surface area contributed by atoms with Crippen molar-refractivity contribution in [3.8, 4) is 56.3 Å². The van der Waals surface area contributed by atoms with E-state index in [2.05, 4.69) is 168 Å². The summed E-state index contributed by atoms with van der Waals surface area (Å²) in [5, 5.41) is 0. The van der Waals surface area contributed by atoms with E-state index >= 15 is 0 Å². The normalized spacial score (nSPS) is 16.0. The summed E-state index contributed by atoms with van der Waals surface area (Å²) in [7, 11) is 10.1. The van der Waals surface area contributed by atoms with Crippen molar-refractivity contribution in [2.75, 3.05) is 0 Å². The van der Waals surface area contributed by atoms with E-state index in [9.17, 15) is 0 Å². The summed E-state index contributed by atoms with van der Waals surface area (Å²) in [5.74, 6) is -1.71. The van der Waals surface area contributed by atoms with Gasteiger partial charge in [-0.3, -0.25) is 0 Å². The molecule has 13 rings (SSSR count). The minimum Gasteiger partial charge on any atom is -0.201 e. The van der Waals surface area contributed by atoms with Gasteiger partial charge >= 0.3 is 0 Å². The van der Waals surface area contributed by atoms with E-state index in [-0.39, 0.29) is 0 Å². The molecular weight excluding hydrogens is 1150 g/mol. The SMILES string of the molecule is Cc1ccc(-c2c3c(cc[n+]2C)CCCC3)c(C)c1.Cc1ccc(-c2cc3c(c[n+]2C)CCC3)c(C)c1.Cc1ccc(-c2cc3c(c[n+]2C)CCCC3)c(C)c1.[2H]C([2H])([2H])c1c[n+](C)c(-c2cc(C)c(C([2H])(C)C([2H])([2H])[2H])cc2C)c(C)c1C.[2H]C([2H])([2H])c1ccc(-c2c(C)c(C)c(C([2H])([2H])[2H])c[n+]2C)c(C)c1. The van der Waals surface area contributed by atoms with Crippen LogP contribution in [-0.4, -0.2) is 0 Å². The molecule has 0 radical (unpaired) electrons. The van der Waals surface area contributed by atoms with E-state index < -0.39 is 33.3 Å². The molecule has 3 aliphatic carbocycles. The van der Waals surface area contributed by atoms with Crippen molar-refractivity contribution in [3.63, 3.8) is 0 Å². The van der Waals surface area contributed by atoms with Gasteiger partial charge in [0.05, 0.1) is 0 Å². The van der Waals surface area contributed by atoms with Gasteiger partial charge in [-0.15, -0.1) is 0 Å². The molecule has 10 aromatic rings. The molecule has 0 fully saturated rings. The van der Waals surface area contributed by atoms with Crippen molar-refractivity contribution in [1.82, 2.24) is 0 Å². The standard InChI is InChI=1S/C20H28N.2C18H22N.C17H20N.C17H22N/c1-12(2)18-9-14(4)19(10-13(18)3)20-17(7)16(6)15(5)11-21(20)8;1-13-8-9-17(14(2)10-13)18-11-15-6-4-5-7-16(15)12-19(18)3;1-13-8-9-16(14(2)12-13)18-17-7-5-4-6-15(17)10-11-19(18)3;1-12-7-8-16(13(2)9-12)17-10-14-5-4-6-15(14)11-18(17)3;1-11-7-8-16(12(2)9-11)17-15(5)14(4)13(3)10-18(17)6/h9-12H,1-8H3;2*8-12H,4-7H2,1-3H3;7-11H,4-6H2,1-3H3;7-10H,1-6H3/q5*+1/i1D3,5D3,12D;;;;1D3,3D3. The molecule has 0 bridgehead atoms. The number of fused-ring (bicyclic) bond motifs is 3. The van der Waals surface area contributed by atoms with Gasteiger partial charge in [-0.25, -0.2) is 22.8 Å². The molecule has 5 heteroatoms. The highest BCUT2D eigenvalue weighted by Crippen LogP contribution is 2.35. The molecule has 0 aliphatic heterocycles. The van der Waals surface area contributed by atoms with Crippen molar-refractivity contribution in [1.29, 1.82) is 0 Å². The fourth-order valence-corrected chi connectivity index (χ4v) is 14.7. The topological polar surface area (TPSA) is 19.4 Å². The number of hydrogen-bond acceptors (Lipinski definition) is 0. The van der Waals surface area contributed by atoms with Gasteiger partial charge in [0, 0.05) is 103 Å². The number of nitrogens with zero attached hydrogens (tertiary/aromatic N) is 5. The molecule has 1 atom stereocenters. The maximum atomic E-state index is 8.42. The Morgan fingerprint density at radius 2 is 0.737 bits per heavy atom. The summed E-state index contributed by atoms with van der Waals surface area (Å²) in [6, 6.07) is 36.1. The molecule has 0 saturated heterocycles. The number of aryl methyl sites for hydroxylation is 22. The highest BCUT2D eigenvalue weighted by atomic mass is 14.9. The average molecular weight is 1280 g/mol. The fraction of sp³-hybridized carbons (Fsp3) is 0.389. The lowest BCUT2D eigenvalue weighted by Gasteiger charge is -2.18. The van der Waals surface area contributed by atoms with E-state index in [1.165, 1.54) is 150 Å². The lowest BCUT2D eigenvalue weighted by Crippen LogP contribution is -2.33. The molecule has 95 heavy (non-hydrogen) atoms. The largest absolute Gasteiger partial charge is 0.216 e. The smallest absolute Gasteiger partial charge is 0.201 e. The van der Waals surface area contributed by atoms with E-state index in [1.54, 1.807) is 69.0 Å². The van der Waals surface area contributed by atoms with Crippen molar-refractivity contribution in [3.05, 3.63) is 262 Å². The van der Waals surface area contributed by atoms with Crippen LogP contribution in [0.1, 0.15) is 198 Å². The number of pyridine rings is 5. The van der Waals surface area contributed by atoms with Gasteiger partial charge in [0.2, 0.25) is 28.5 Å². The molecule has 5 heterocycles. The Balaban J connectivity index is 0.000000157. The molecule has 494 valence electrons. The summed E-state index contributed by atoms with van der Waals surface area (Å²) in [4.78, 5) is 0. The zero-order valence-electron chi connectivity index (χ0n) is 73.7. The molecule has 0 spiro atoms. The monoisotopic (exact) mass is 1280 g/mol. The molecule has 0 N–H and O–H groups in total. The number of aromatic nitrogens is 5. The van der Waals surface area contributed by atoms with Crippen LogP contribution in [0, 0.1) is 111 Å². The Bertz CT molecular complexity index is 5030. The third kappa shape index (κ3) is 16.2. The minimum atomic E-state index is -2.44. The average Bonchev–Trinajstić information content (AvgIpc) is 0.898. The zero-order valence-corrected chi connectivity index (χ0v) is 60.7. The minimum absolute atomic E-state index is 0.305. The van der Waals surface area contributed by atoms with E-state index in [0.29, 0.717) is 22.3 Å². The number of rotatable bonds is 6. The second-order valence-corrected chi connectivity index (χ2v) is 27.8. The Kier molecular flexibility index (Phi) is 17.8. The van der Waals surface area contributed by atoms with Gasteiger partial charge in [-0.2, -0.15) is 0 Å². The summed E-state index contributed by atoms with van der Waals surface area (Å²) >= 11 is 0. The first kappa shape index (κ1) is 55.0. The van der Waals surface area contributed by atoms with Gasteiger partial charge in [0.1, 0.15) is 35.2 Å². The molecule has 5 aromatic carbocycles. The Morgan fingerprint density at radius 3 is 1.22 bits per heavy atom. The third-order valence-electron chi connectivity index (χ3n) is 20.2. The van der Waals surface area contributed by atoms with Crippen molar-refractivity contribution in [2.24, 2.45) is 35.2 Å². The van der Waals surface area contributed by atoms with E-state index in [0.717, 1.165) is 61.5 Å². The molecule has 5 aromatic heterocycles. The van der Waals surface area contributed by atoms with Crippen LogP contribution >= 0.6 is 0 Å². The van der Waals surface area contributed by atoms with E-state index in [1.807, 2.05) is 73.2 Å². The maximum absolute atomic E-state index is 8.42. The van der Waals surface area contributed by atoms with Crippen LogP contribution in [-0.2, 0) is 73.8 Å². The summed E-state index contributed by atoms with van der Waals surface area (Å²) in [6.07, 6.45) is 24.3. The molecule has 3 aliphatic rings. The Hall–Kier alpha value is -8.15. The molecule has 5 nitrogen and oxygen atoms in total. The van der Waals surface area contributed by atoms with Crippen LogP contribution in [0.2, 0.25) is 0 Å². The van der Waals surface area contributed by atoms with Crippen LogP contribution in [0.15, 0.2) is 134 Å². The number of benzene rings is 5. The second-order valence-electron chi connectivity index (χ2n) is 27.8. The first-order chi connectivity index (χ1) is 50.3. The van der Waals surface area contributed by atoms with Gasteiger partial charge < -0.3 is 0 Å². The lowest BCUT2D eigenvalue weighted by molar-refractivity contribution is -0.661. The van der Waals surface area contributed by atoms with Crippen LogP contribution in [0.5, 0.6) is 0 Å². The first-order valence-corrected chi connectivity index (χ1v) is 34.3. The molecule has 0 saturated carbocycles. The Labute approximate surface area is 592 Å². The summed E-state index contributed by atoms with van der Waals surface area (Å²) in [6.45, 7) is 18.6. The second kappa shape index (κ2) is 30.7. The third-order valence-corrected chi connectivity index (χ3v) is 20.2. The van der Waals surface area contributed by atoms with Crippen molar-refractivity contribution in [2.45, 2.75) is 201 Å². The van der Waals surface area contributed by atoms with Gasteiger partial charge in [0.15, 0.2) is 31.0 Å². The fourth-order valence-electron chi connectivity index (χ4n) is 14.7. The number of hydrogen-bond donors (Lipinski definition) is 0. The molecule has 1 unspecified atom stereocenters. The summed E-state index contributed by atoms with van der Waals surface area (Å²) in [5.41, 5.74) is 36.3. The molecular formula is C90H114N5+5. The predicted molar refractivity (Wildman–Crippen MR) is 400 cm³/mol. The van der Waals surface area contributed by atoms with E-state index in [4.69, 9.17) is 17.8 Å². The van der Waals surface area contributed by atoms with Crippen molar-refractivity contribution >= 4 is 0 Å². The van der Waals surface area contributed by atoms with Crippen LogP contribution in [0.25, 0.3) is 56.3 Å². The highest BCUT2D eigenvalue weighted by Gasteiger charge is 2.26. The highest BCUT2D eigenvalue weighted by molar-refractivity contribution is 5.70. The quantitative estimate of drug-likeness (QED) is 0.148. The zero-order chi connectivity index (χ0) is 79.8. The van der Waals surface area contributed by atoms with Crippen LogP contribution in [0.4, 0.5) is 0 Å².